The van der Waals surface area contributed by atoms with Crippen LogP contribution in [-0.2, 0) is 0 Å². The molecule has 1 heterocycles. The molecule has 3 N–H and O–H groups in total. The van der Waals surface area contributed by atoms with Crippen molar-refractivity contribution < 1.29 is 5.11 Å². The van der Waals surface area contributed by atoms with Gasteiger partial charge < -0.3 is 15.7 Å². The number of nitrogen functional groups attached to an aromatic ring is 1. The fourth-order valence-corrected chi connectivity index (χ4v) is 1.83. The van der Waals surface area contributed by atoms with Crippen LogP contribution in [0.4, 0.5) is 11.4 Å². The predicted molar refractivity (Wildman–Crippen MR) is 61.7 cm³/mol. The molecular formula is C11H17N3O. The maximum atomic E-state index is 8.98. The predicted octanol–water partition coefficient (Wildman–Crippen LogP) is 0.341. The number of aliphatic hydroxyl groups is 1. The van der Waals surface area contributed by atoms with Gasteiger partial charge in [-0.3, -0.25) is 4.90 Å². The monoisotopic (exact) mass is 207 g/mol. The van der Waals surface area contributed by atoms with Crippen LogP contribution in [-0.4, -0.2) is 42.9 Å². The van der Waals surface area contributed by atoms with Crippen LogP contribution in [0.15, 0.2) is 24.3 Å². The summed E-state index contributed by atoms with van der Waals surface area (Å²) in [7, 11) is 0. The van der Waals surface area contributed by atoms with Crippen molar-refractivity contribution in [1.29, 1.82) is 0 Å². The second kappa shape index (κ2) is 4.51. The third kappa shape index (κ3) is 2.40. The average molecular weight is 207 g/mol. The van der Waals surface area contributed by atoms with E-state index < -0.39 is 0 Å². The fourth-order valence-electron chi connectivity index (χ4n) is 1.83. The van der Waals surface area contributed by atoms with Gasteiger partial charge >= 0.3 is 0 Å². The van der Waals surface area contributed by atoms with Crippen LogP contribution in [0.25, 0.3) is 0 Å². The van der Waals surface area contributed by atoms with Gasteiger partial charge in [0.15, 0.2) is 0 Å². The number of piperazine rings is 1. The van der Waals surface area contributed by atoms with Crippen molar-refractivity contribution in [3.8, 4) is 0 Å². The van der Waals surface area contributed by atoms with E-state index in [0.29, 0.717) is 0 Å². The van der Waals surface area contributed by atoms with Gasteiger partial charge in [0.05, 0.1) is 6.73 Å². The molecule has 1 aromatic rings. The lowest BCUT2D eigenvalue weighted by molar-refractivity contribution is 0.102. The molecular weight excluding hydrogens is 190 g/mol. The summed E-state index contributed by atoms with van der Waals surface area (Å²) in [6.07, 6.45) is 0. The Bertz CT molecular complexity index is 304. The number of aliphatic hydroxyl groups excluding tert-OH is 1. The number of nitrogens with zero attached hydrogens (tertiary/aromatic N) is 2. The van der Waals surface area contributed by atoms with Crippen LogP contribution >= 0.6 is 0 Å². The summed E-state index contributed by atoms with van der Waals surface area (Å²) >= 11 is 0. The molecule has 0 spiro atoms. The van der Waals surface area contributed by atoms with Gasteiger partial charge in [0, 0.05) is 37.6 Å². The Balaban J connectivity index is 1.98. The highest BCUT2D eigenvalue weighted by molar-refractivity contribution is 5.53. The van der Waals surface area contributed by atoms with Crippen LogP contribution in [0, 0.1) is 0 Å². The molecule has 1 aliphatic heterocycles. The Morgan fingerprint density at radius 1 is 1.07 bits per heavy atom. The number of rotatable bonds is 2. The standard InChI is InChI=1S/C11H17N3O/c12-10-1-3-11(4-2-10)14-7-5-13(9-15)6-8-14/h1-4,15H,5-9,12H2. The largest absolute Gasteiger partial charge is 0.399 e. The summed E-state index contributed by atoms with van der Waals surface area (Å²) in [5.74, 6) is 0. The zero-order chi connectivity index (χ0) is 10.7. The summed E-state index contributed by atoms with van der Waals surface area (Å²) < 4.78 is 0. The smallest absolute Gasteiger partial charge is 0.0957 e. The molecule has 1 saturated heterocycles. The third-order valence-corrected chi connectivity index (χ3v) is 2.83. The third-order valence-electron chi connectivity index (χ3n) is 2.83. The van der Waals surface area contributed by atoms with E-state index in [2.05, 4.69) is 4.90 Å². The highest BCUT2D eigenvalue weighted by Crippen LogP contribution is 2.17. The van der Waals surface area contributed by atoms with Gasteiger partial charge in [-0.05, 0) is 24.3 Å². The number of anilines is 2. The lowest BCUT2D eigenvalue weighted by atomic mass is 10.2. The zero-order valence-electron chi connectivity index (χ0n) is 8.76. The molecule has 1 aliphatic rings. The van der Waals surface area contributed by atoms with Crippen LogP contribution in [0.3, 0.4) is 0 Å². The van der Waals surface area contributed by atoms with E-state index in [1.807, 2.05) is 29.2 Å². The molecule has 1 fully saturated rings. The SMILES string of the molecule is Nc1ccc(N2CCN(CO)CC2)cc1. The molecule has 0 saturated carbocycles. The van der Waals surface area contributed by atoms with E-state index >= 15 is 0 Å². The normalized spacial score (nSPS) is 18.1. The Morgan fingerprint density at radius 3 is 2.20 bits per heavy atom. The lowest BCUT2D eigenvalue weighted by Gasteiger charge is -2.35. The van der Waals surface area contributed by atoms with Crippen molar-refractivity contribution >= 4 is 11.4 Å². The average Bonchev–Trinajstić information content (AvgIpc) is 2.30. The molecule has 4 heteroatoms. The van der Waals surface area contributed by atoms with Gasteiger partial charge in [-0.1, -0.05) is 0 Å². The first-order valence-electron chi connectivity index (χ1n) is 5.23. The number of hydrogen-bond donors (Lipinski definition) is 2. The van der Waals surface area contributed by atoms with Crippen LogP contribution < -0.4 is 10.6 Å². The second-order valence-electron chi connectivity index (χ2n) is 3.84. The molecule has 0 bridgehead atoms. The Kier molecular flexibility index (Phi) is 3.08. The van der Waals surface area contributed by atoms with E-state index in [9.17, 15) is 0 Å². The van der Waals surface area contributed by atoms with Gasteiger partial charge in [-0.15, -0.1) is 0 Å². The summed E-state index contributed by atoms with van der Waals surface area (Å²) in [4.78, 5) is 4.35. The van der Waals surface area contributed by atoms with E-state index in [1.165, 1.54) is 5.69 Å². The molecule has 0 atom stereocenters. The van der Waals surface area contributed by atoms with Gasteiger partial charge in [-0.2, -0.15) is 0 Å². The molecule has 82 valence electrons. The first kappa shape index (κ1) is 10.3. The Morgan fingerprint density at radius 2 is 1.67 bits per heavy atom. The molecule has 15 heavy (non-hydrogen) atoms. The molecule has 1 aromatic carbocycles. The lowest BCUT2D eigenvalue weighted by Crippen LogP contribution is -2.46. The van der Waals surface area contributed by atoms with Gasteiger partial charge in [-0.25, -0.2) is 0 Å². The quantitative estimate of drug-likeness (QED) is 0.687. The van der Waals surface area contributed by atoms with Crippen molar-refractivity contribution in [1.82, 2.24) is 4.90 Å². The zero-order valence-corrected chi connectivity index (χ0v) is 8.76. The molecule has 0 aliphatic carbocycles. The van der Waals surface area contributed by atoms with Crippen LogP contribution in [0.1, 0.15) is 0 Å². The minimum atomic E-state index is 0.162. The minimum Gasteiger partial charge on any atom is -0.399 e. The van der Waals surface area contributed by atoms with Crippen molar-refractivity contribution in [3.05, 3.63) is 24.3 Å². The van der Waals surface area contributed by atoms with Crippen molar-refractivity contribution in [3.63, 3.8) is 0 Å². The topological polar surface area (TPSA) is 52.7 Å². The van der Waals surface area contributed by atoms with Crippen molar-refractivity contribution in [2.75, 3.05) is 43.5 Å². The summed E-state index contributed by atoms with van der Waals surface area (Å²) in [6.45, 7) is 3.92. The molecule has 0 radical (unpaired) electrons. The number of nitrogens with two attached hydrogens (primary N) is 1. The Labute approximate surface area is 89.9 Å². The highest BCUT2D eigenvalue weighted by atomic mass is 16.3. The van der Waals surface area contributed by atoms with Crippen molar-refractivity contribution in [2.24, 2.45) is 0 Å². The fraction of sp³-hybridized carbons (Fsp3) is 0.455. The first-order valence-corrected chi connectivity index (χ1v) is 5.23. The maximum Gasteiger partial charge on any atom is 0.0957 e. The summed E-state index contributed by atoms with van der Waals surface area (Å²) in [5, 5.41) is 8.98. The van der Waals surface area contributed by atoms with E-state index in [0.717, 1.165) is 31.9 Å². The van der Waals surface area contributed by atoms with Gasteiger partial charge in [0.1, 0.15) is 0 Å². The maximum absolute atomic E-state index is 8.98. The molecule has 0 unspecified atom stereocenters. The van der Waals surface area contributed by atoms with E-state index in [1.54, 1.807) is 0 Å². The van der Waals surface area contributed by atoms with Crippen LogP contribution in [0.2, 0.25) is 0 Å². The van der Waals surface area contributed by atoms with Gasteiger partial charge in [0.2, 0.25) is 0 Å². The van der Waals surface area contributed by atoms with Gasteiger partial charge in [0.25, 0.3) is 0 Å². The minimum absolute atomic E-state index is 0.162. The second-order valence-corrected chi connectivity index (χ2v) is 3.84. The summed E-state index contributed by atoms with van der Waals surface area (Å²) in [5.41, 5.74) is 7.65. The van der Waals surface area contributed by atoms with Crippen molar-refractivity contribution in [2.45, 2.75) is 0 Å². The first-order chi connectivity index (χ1) is 7.29. The Hall–Kier alpha value is -1.26. The molecule has 0 amide bonds. The summed E-state index contributed by atoms with van der Waals surface area (Å²) in [6, 6.07) is 7.94. The molecule has 4 nitrogen and oxygen atoms in total. The highest BCUT2D eigenvalue weighted by Gasteiger charge is 2.15. The molecule has 0 aromatic heterocycles. The molecule has 2 rings (SSSR count). The van der Waals surface area contributed by atoms with E-state index in [4.69, 9.17) is 10.8 Å². The van der Waals surface area contributed by atoms with Crippen LogP contribution in [0.5, 0.6) is 0 Å². The number of benzene rings is 1. The number of hydrogen-bond acceptors (Lipinski definition) is 4. The van der Waals surface area contributed by atoms with E-state index in [-0.39, 0.29) is 6.73 Å².